The molecule has 0 aliphatic carbocycles. The highest BCUT2D eigenvalue weighted by Crippen LogP contribution is 2.32. The Balaban J connectivity index is 1.93. The van der Waals surface area contributed by atoms with Gasteiger partial charge in [0.1, 0.15) is 0 Å². The normalized spacial score (nSPS) is 12.0. The van der Waals surface area contributed by atoms with Gasteiger partial charge < -0.3 is 0 Å². The van der Waals surface area contributed by atoms with Crippen LogP contribution in [0, 0.1) is 0 Å². The first-order valence-corrected chi connectivity index (χ1v) is 9.68. The molecular formula is C22H12Cl2F3N3O. The summed E-state index contributed by atoms with van der Waals surface area (Å²) in [6.45, 7) is 0. The van der Waals surface area contributed by atoms with E-state index in [0.29, 0.717) is 21.1 Å². The summed E-state index contributed by atoms with van der Waals surface area (Å²) in [4.78, 5) is 17.5. The van der Waals surface area contributed by atoms with Gasteiger partial charge in [0.2, 0.25) is 0 Å². The van der Waals surface area contributed by atoms with Crippen molar-refractivity contribution in [2.75, 3.05) is 0 Å². The lowest BCUT2D eigenvalue weighted by Crippen LogP contribution is -2.20. The van der Waals surface area contributed by atoms with Crippen LogP contribution in [0.15, 0.2) is 76.6 Å². The average Bonchev–Trinajstić information content (AvgIpc) is 2.75. The molecule has 4 rings (SSSR count). The molecule has 156 valence electrons. The van der Waals surface area contributed by atoms with Crippen LogP contribution in [0.2, 0.25) is 10.0 Å². The molecule has 0 radical (unpaired) electrons. The maximum atomic E-state index is 13.2. The number of alkyl halides is 3. The van der Waals surface area contributed by atoms with Crippen molar-refractivity contribution in [3.63, 3.8) is 0 Å². The molecule has 0 fully saturated rings. The third-order valence-electron chi connectivity index (χ3n) is 4.47. The van der Waals surface area contributed by atoms with Gasteiger partial charge in [0, 0.05) is 5.56 Å². The van der Waals surface area contributed by atoms with Gasteiger partial charge >= 0.3 is 6.18 Å². The lowest BCUT2D eigenvalue weighted by molar-refractivity contribution is -0.137. The van der Waals surface area contributed by atoms with Crippen molar-refractivity contribution < 1.29 is 13.2 Å². The van der Waals surface area contributed by atoms with Gasteiger partial charge in [-0.2, -0.15) is 22.9 Å². The summed E-state index contributed by atoms with van der Waals surface area (Å²) in [5.74, 6) is -0.0221. The minimum absolute atomic E-state index is 0.0221. The first-order chi connectivity index (χ1) is 14.7. The minimum atomic E-state index is -4.54. The van der Waals surface area contributed by atoms with Crippen LogP contribution < -0.4 is 5.56 Å². The predicted octanol–water partition coefficient (Wildman–Crippen LogP) is 6.27. The number of hydrogen-bond donors (Lipinski definition) is 0. The van der Waals surface area contributed by atoms with E-state index in [-0.39, 0.29) is 16.8 Å². The van der Waals surface area contributed by atoms with Crippen molar-refractivity contribution in [3.05, 3.63) is 98.3 Å². The second-order valence-electron chi connectivity index (χ2n) is 6.57. The minimum Gasteiger partial charge on any atom is -0.267 e. The third-order valence-corrected chi connectivity index (χ3v) is 5.21. The molecule has 4 nitrogen and oxygen atoms in total. The molecule has 0 aliphatic rings. The second kappa shape index (κ2) is 8.17. The standard InChI is InChI=1S/C22H12Cl2F3N3O/c23-17-9-8-13(10-18(17)24)12-28-30-20(14-4-3-5-15(11-14)22(25,26)27)29-19-7-2-1-6-16(19)21(30)31/h1-12H. The lowest BCUT2D eigenvalue weighted by Gasteiger charge is -2.12. The van der Waals surface area contributed by atoms with E-state index >= 15 is 0 Å². The molecule has 0 N–H and O–H groups in total. The third kappa shape index (κ3) is 4.33. The van der Waals surface area contributed by atoms with E-state index in [9.17, 15) is 18.0 Å². The van der Waals surface area contributed by atoms with Crippen LogP contribution >= 0.6 is 23.2 Å². The van der Waals surface area contributed by atoms with Crippen LogP contribution in [0.3, 0.4) is 0 Å². The van der Waals surface area contributed by atoms with Gasteiger partial charge in [-0.1, -0.05) is 53.5 Å². The fraction of sp³-hybridized carbons (Fsp3) is 0.0455. The van der Waals surface area contributed by atoms with Gasteiger partial charge in [0.25, 0.3) is 5.56 Å². The molecule has 0 spiro atoms. The summed E-state index contributed by atoms with van der Waals surface area (Å²) in [7, 11) is 0. The maximum absolute atomic E-state index is 13.2. The molecular weight excluding hydrogens is 450 g/mol. The van der Waals surface area contributed by atoms with Gasteiger partial charge in [-0.15, -0.1) is 0 Å². The molecule has 0 amide bonds. The largest absolute Gasteiger partial charge is 0.416 e. The Kier molecular flexibility index (Phi) is 5.56. The first-order valence-electron chi connectivity index (χ1n) is 8.93. The molecule has 1 heterocycles. The van der Waals surface area contributed by atoms with Crippen LogP contribution in [0.25, 0.3) is 22.3 Å². The highest BCUT2D eigenvalue weighted by Gasteiger charge is 2.30. The van der Waals surface area contributed by atoms with E-state index in [0.717, 1.165) is 16.8 Å². The van der Waals surface area contributed by atoms with E-state index in [1.54, 1.807) is 42.5 Å². The summed E-state index contributed by atoms with van der Waals surface area (Å²) >= 11 is 11.9. The Hall–Kier alpha value is -3.16. The number of fused-ring (bicyclic) bond motifs is 1. The number of halogens is 5. The summed E-state index contributed by atoms with van der Waals surface area (Å²) in [5, 5.41) is 5.13. The molecule has 0 aliphatic heterocycles. The Morgan fingerprint density at radius 2 is 1.71 bits per heavy atom. The van der Waals surface area contributed by atoms with E-state index < -0.39 is 17.3 Å². The first kappa shape index (κ1) is 21.1. The van der Waals surface area contributed by atoms with Crippen molar-refractivity contribution in [3.8, 4) is 11.4 Å². The number of hydrogen-bond acceptors (Lipinski definition) is 3. The molecule has 0 saturated carbocycles. The van der Waals surface area contributed by atoms with Crippen molar-refractivity contribution in [1.82, 2.24) is 9.66 Å². The summed E-state index contributed by atoms with van der Waals surface area (Å²) in [5.41, 5.74) is -0.379. The van der Waals surface area contributed by atoms with Crippen molar-refractivity contribution in [2.24, 2.45) is 5.10 Å². The summed E-state index contributed by atoms with van der Waals surface area (Å²) in [6, 6.07) is 15.9. The molecule has 0 bridgehead atoms. The molecule has 1 aromatic heterocycles. The molecule has 3 aromatic carbocycles. The van der Waals surface area contributed by atoms with Gasteiger partial charge in [0.15, 0.2) is 5.82 Å². The highest BCUT2D eigenvalue weighted by molar-refractivity contribution is 6.42. The van der Waals surface area contributed by atoms with Crippen molar-refractivity contribution >= 4 is 40.3 Å². The SMILES string of the molecule is O=c1c2ccccc2nc(-c2cccc(C(F)(F)F)c2)n1N=Cc1ccc(Cl)c(Cl)c1. The molecule has 0 atom stereocenters. The zero-order valence-corrected chi connectivity index (χ0v) is 17.1. The fourth-order valence-corrected chi connectivity index (χ4v) is 3.28. The van der Waals surface area contributed by atoms with Crippen LogP contribution in [-0.4, -0.2) is 15.9 Å². The topological polar surface area (TPSA) is 47.2 Å². The van der Waals surface area contributed by atoms with Crippen LogP contribution in [-0.2, 0) is 6.18 Å². The Labute approximate surface area is 184 Å². The van der Waals surface area contributed by atoms with Gasteiger partial charge in [0.05, 0.1) is 32.7 Å². The monoisotopic (exact) mass is 461 g/mol. The predicted molar refractivity (Wildman–Crippen MR) is 116 cm³/mol. The van der Waals surface area contributed by atoms with Crippen LogP contribution in [0.1, 0.15) is 11.1 Å². The van der Waals surface area contributed by atoms with Crippen molar-refractivity contribution in [2.45, 2.75) is 6.18 Å². The molecule has 4 aromatic rings. The van der Waals surface area contributed by atoms with Gasteiger partial charge in [-0.3, -0.25) is 4.79 Å². The smallest absolute Gasteiger partial charge is 0.267 e. The number of rotatable bonds is 3. The molecule has 0 saturated heterocycles. The summed E-state index contributed by atoms with van der Waals surface area (Å²) < 4.78 is 40.6. The number of para-hydroxylation sites is 1. The van der Waals surface area contributed by atoms with Gasteiger partial charge in [-0.05, 0) is 42.0 Å². The Morgan fingerprint density at radius 1 is 0.935 bits per heavy atom. The van der Waals surface area contributed by atoms with E-state index in [1.165, 1.54) is 18.3 Å². The summed E-state index contributed by atoms with van der Waals surface area (Å²) in [6.07, 6.45) is -3.18. The Morgan fingerprint density at radius 3 is 2.45 bits per heavy atom. The highest BCUT2D eigenvalue weighted by atomic mass is 35.5. The average molecular weight is 462 g/mol. The van der Waals surface area contributed by atoms with Crippen LogP contribution in [0.4, 0.5) is 13.2 Å². The second-order valence-corrected chi connectivity index (χ2v) is 7.38. The number of aromatic nitrogens is 2. The van der Waals surface area contributed by atoms with E-state index in [4.69, 9.17) is 23.2 Å². The quantitative estimate of drug-likeness (QED) is 0.337. The molecule has 9 heteroatoms. The van der Waals surface area contributed by atoms with E-state index in [2.05, 4.69) is 10.1 Å². The maximum Gasteiger partial charge on any atom is 0.416 e. The zero-order chi connectivity index (χ0) is 22.2. The molecule has 31 heavy (non-hydrogen) atoms. The lowest BCUT2D eigenvalue weighted by atomic mass is 10.1. The molecule has 0 unspecified atom stereocenters. The number of nitrogens with zero attached hydrogens (tertiary/aromatic N) is 3. The fourth-order valence-electron chi connectivity index (χ4n) is 2.97. The zero-order valence-electron chi connectivity index (χ0n) is 15.6. The number of benzene rings is 3. The van der Waals surface area contributed by atoms with Crippen molar-refractivity contribution in [1.29, 1.82) is 0 Å². The Bertz CT molecular complexity index is 1380. The van der Waals surface area contributed by atoms with E-state index in [1.807, 2.05) is 0 Å². The van der Waals surface area contributed by atoms with Crippen LogP contribution in [0.5, 0.6) is 0 Å². The van der Waals surface area contributed by atoms with Gasteiger partial charge in [-0.25, -0.2) is 4.98 Å².